The van der Waals surface area contributed by atoms with Gasteiger partial charge in [0.1, 0.15) is 0 Å². The Morgan fingerprint density at radius 1 is 1.25 bits per heavy atom. The number of carboxylic acid groups (broad SMARTS) is 1. The molecular formula is C15H27NO4. The number of nitrogens with one attached hydrogen (secondary N) is 1. The number of hydrogen-bond donors (Lipinski definition) is 3. The van der Waals surface area contributed by atoms with E-state index >= 15 is 0 Å². The Morgan fingerprint density at radius 2 is 1.80 bits per heavy atom. The highest BCUT2D eigenvalue weighted by atomic mass is 16.4. The van der Waals surface area contributed by atoms with Gasteiger partial charge in [0.2, 0.25) is 5.91 Å². The Kier molecular flexibility index (Phi) is 5.57. The van der Waals surface area contributed by atoms with Crippen molar-refractivity contribution in [2.75, 3.05) is 6.54 Å². The molecule has 3 N–H and O–H groups in total. The van der Waals surface area contributed by atoms with Crippen molar-refractivity contribution in [3.8, 4) is 0 Å². The predicted molar refractivity (Wildman–Crippen MR) is 76.1 cm³/mol. The van der Waals surface area contributed by atoms with E-state index in [0.717, 1.165) is 0 Å². The van der Waals surface area contributed by atoms with Crippen molar-refractivity contribution in [3.63, 3.8) is 0 Å². The van der Waals surface area contributed by atoms with Crippen LogP contribution in [-0.2, 0) is 9.59 Å². The number of hydrogen-bond acceptors (Lipinski definition) is 3. The number of aliphatic carboxylic acids is 1. The number of carboxylic acids is 1. The molecule has 4 atom stereocenters. The zero-order chi connectivity index (χ0) is 15.5. The molecule has 1 saturated carbocycles. The molecule has 0 bridgehead atoms. The summed E-state index contributed by atoms with van der Waals surface area (Å²) < 4.78 is 0. The van der Waals surface area contributed by atoms with Crippen LogP contribution in [0, 0.1) is 23.2 Å². The highest BCUT2D eigenvalue weighted by molar-refractivity contribution is 5.85. The molecule has 0 saturated heterocycles. The highest BCUT2D eigenvalue weighted by Gasteiger charge is 2.41. The molecule has 1 aliphatic carbocycles. The fraction of sp³-hybridized carbons (Fsp3) is 0.867. The lowest BCUT2D eigenvalue weighted by molar-refractivity contribution is -0.146. The van der Waals surface area contributed by atoms with Gasteiger partial charge in [-0.05, 0) is 30.6 Å². The van der Waals surface area contributed by atoms with Crippen LogP contribution < -0.4 is 5.32 Å². The number of rotatable bonds is 5. The summed E-state index contributed by atoms with van der Waals surface area (Å²) in [5, 5.41) is 21.7. The first kappa shape index (κ1) is 17.0. The maximum absolute atomic E-state index is 12.1. The van der Waals surface area contributed by atoms with Gasteiger partial charge in [0, 0.05) is 6.54 Å². The smallest absolute Gasteiger partial charge is 0.307 e. The SMILES string of the molecule is CC1C[C@H](C(=O)NCC(O)CC(C)(C)C)[C@H](C(=O)O)C1. The van der Waals surface area contributed by atoms with Crippen LogP contribution in [0.25, 0.3) is 0 Å². The first-order valence-corrected chi connectivity index (χ1v) is 7.28. The van der Waals surface area contributed by atoms with Gasteiger partial charge in [-0.2, -0.15) is 0 Å². The van der Waals surface area contributed by atoms with Crippen LogP contribution in [0.1, 0.15) is 47.0 Å². The van der Waals surface area contributed by atoms with Crippen LogP contribution in [0.5, 0.6) is 0 Å². The molecule has 116 valence electrons. The largest absolute Gasteiger partial charge is 0.481 e. The third-order valence-corrected chi connectivity index (χ3v) is 3.81. The average Bonchev–Trinajstić information content (AvgIpc) is 2.66. The number of amides is 1. The van der Waals surface area contributed by atoms with Crippen molar-refractivity contribution in [1.82, 2.24) is 5.32 Å². The van der Waals surface area contributed by atoms with Crippen LogP contribution in [0.2, 0.25) is 0 Å². The second-order valence-corrected chi connectivity index (χ2v) is 7.29. The minimum atomic E-state index is -0.898. The van der Waals surface area contributed by atoms with E-state index in [4.69, 9.17) is 5.11 Å². The third-order valence-electron chi connectivity index (χ3n) is 3.81. The maximum atomic E-state index is 12.1. The van der Waals surface area contributed by atoms with Crippen LogP contribution in [0.4, 0.5) is 0 Å². The molecule has 0 aromatic rings. The van der Waals surface area contributed by atoms with Crippen molar-refractivity contribution in [2.45, 2.75) is 53.1 Å². The average molecular weight is 285 g/mol. The monoisotopic (exact) mass is 285 g/mol. The van der Waals surface area contributed by atoms with Crippen molar-refractivity contribution < 1.29 is 19.8 Å². The molecule has 0 heterocycles. The molecule has 0 aromatic heterocycles. The van der Waals surface area contributed by atoms with Crippen LogP contribution in [0.3, 0.4) is 0 Å². The Morgan fingerprint density at radius 3 is 2.30 bits per heavy atom. The molecular weight excluding hydrogens is 258 g/mol. The summed E-state index contributed by atoms with van der Waals surface area (Å²) >= 11 is 0. The Labute approximate surface area is 120 Å². The van der Waals surface area contributed by atoms with E-state index in [1.165, 1.54) is 0 Å². The Balaban J connectivity index is 2.48. The van der Waals surface area contributed by atoms with Crippen molar-refractivity contribution in [1.29, 1.82) is 0 Å². The predicted octanol–water partition coefficient (Wildman–Crippen LogP) is 1.65. The highest BCUT2D eigenvalue weighted by Crippen LogP contribution is 2.36. The summed E-state index contributed by atoms with van der Waals surface area (Å²) in [5.41, 5.74) is -0.00435. The standard InChI is InChI=1S/C15H27NO4/c1-9-5-11(12(6-9)14(19)20)13(18)16-8-10(17)7-15(2,3)4/h9-12,17H,5-8H2,1-4H3,(H,16,18)(H,19,20)/t9?,10?,11-,12+/m0/s1. The van der Waals surface area contributed by atoms with Crippen LogP contribution >= 0.6 is 0 Å². The fourth-order valence-corrected chi connectivity index (χ4v) is 2.98. The van der Waals surface area contributed by atoms with Crippen LogP contribution in [0.15, 0.2) is 0 Å². The molecule has 1 aliphatic rings. The fourth-order valence-electron chi connectivity index (χ4n) is 2.98. The molecule has 20 heavy (non-hydrogen) atoms. The number of aliphatic hydroxyl groups is 1. The molecule has 1 fully saturated rings. The Bertz CT molecular complexity index is 361. The maximum Gasteiger partial charge on any atom is 0.307 e. The Hall–Kier alpha value is -1.10. The molecule has 0 aromatic carbocycles. The summed E-state index contributed by atoms with van der Waals surface area (Å²) in [6, 6.07) is 0. The molecule has 0 spiro atoms. The van der Waals surface area contributed by atoms with Gasteiger partial charge in [0.25, 0.3) is 0 Å². The number of carbonyl (C=O) groups is 2. The van der Waals surface area contributed by atoms with Gasteiger partial charge in [0.05, 0.1) is 17.9 Å². The number of aliphatic hydroxyl groups excluding tert-OH is 1. The summed E-state index contributed by atoms with van der Waals surface area (Å²) in [4.78, 5) is 23.2. The van der Waals surface area contributed by atoms with E-state index in [2.05, 4.69) is 5.32 Å². The molecule has 5 heteroatoms. The van der Waals surface area contributed by atoms with Crippen molar-refractivity contribution in [3.05, 3.63) is 0 Å². The first-order chi connectivity index (χ1) is 9.10. The summed E-state index contributed by atoms with van der Waals surface area (Å²) in [6.45, 7) is 8.23. The van der Waals surface area contributed by atoms with Gasteiger partial charge in [-0.3, -0.25) is 9.59 Å². The third kappa shape index (κ3) is 5.12. The molecule has 2 unspecified atom stereocenters. The zero-order valence-electron chi connectivity index (χ0n) is 12.8. The summed E-state index contributed by atoms with van der Waals surface area (Å²) in [7, 11) is 0. The van der Waals surface area contributed by atoms with Crippen molar-refractivity contribution >= 4 is 11.9 Å². The van der Waals surface area contributed by atoms with Gasteiger partial charge < -0.3 is 15.5 Å². The second kappa shape index (κ2) is 6.57. The van der Waals surface area contributed by atoms with E-state index < -0.39 is 23.9 Å². The van der Waals surface area contributed by atoms with Gasteiger partial charge in [0.15, 0.2) is 0 Å². The summed E-state index contributed by atoms with van der Waals surface area (Å²) in [6.07, 6.45) is 1.16. The lowest BCUT2D eigenvalue weighted by Gasteiger charge is -2.23. The van der Waals surface area contributed by atoms with Gasteiger partial charge in [-0.15, -0.1) is 0 Å². The van der Waals surface area contributed by atoms with E-state index in [1.807, 2.05) is 27.7 Å². The van der Waals surface area contributed by atoms with E-state index in [1.54, 1.807) is 0 Å². The van der Waals surface area contributed by atoms with Gasteiger partial charge in [-0.1, -0.05) is 27.7 Å². The minimum Gasteiger partial charge on any atom is -0.481 e. The number of carbonyl (C=O) groups excluding carboxylic acids is 1. The molecule has 0 radical (unpaired) electrons. The van der Waals surface area contributed by atoms with Gasteiger partial charge in [-0.25, -0.2) is 0 Å². The van der Waals surface area contributed by atoms with E-state index in [-0.39, 0.29) is 23.8 Å². The van der Waals surface area contributed by atoms with E-state index in [0.29, 0.717) is 19.3 Å². The molecule has 1 amide bonds. The second-order valence-electron chi connectivity index (χ2n) is 7.29. The van der Waals surface area contributed by atoms with E-state index in [9.17, 15) is 14.7 Å². The molecule has 1 rings (SSSR count). The summed E-state index contributed by atoms with van der Waals surface area (Å²) in [5.74, 6) is -1.94. The quantitative estimate of drug-likeness (QED) is 0.717. The normalized spacial score (nSPS) is 28.1. The topological polar surface area (TPSA) is 86.6 Å². The van der Waals surface area contributed by atoms with Gasteiger partial charge >= 0.3 is 5.97 Å². The zero-order valence-corrected chi connectivity index (χ0v) is 12.8. The minimum absolute atomic E-state index is 0.00435. The molecule has 5 nitrogen and oxygen atoms in total. The first-order valence-electron chi connectivity index (χ1n) is 7.28. The lowest BCUT2D eigenvalue weighted by Crippen LogP contribution is -2.40. The lowest BCUT2D eigenvalue weighted by atomic mass is 9.89. The van der Waals surface area contributed by atoms with Crippen LogP contribution in [-0.4, -0.2) is 34.7 Å². The molecule has 0 aliphatic heterocycles. The van der Waals surface area contributed by atoms with Crippen molar-refractivity contribution in [2.24, 2.45) is 23.2 Å².